The molecule has 28 heavy (non-hydrogen) atoms. The number of ether oxygens (including phenoxy) is 1. The van der Waals surface area contributed by atoms with E-state index in [1.165, 1.54) is 0 Å². The molecule has 152 valence electrons. The van der Waals surface area contributed by atoms with Crippen molar-refractivity contribution in [1.82, 2.24) is 9.47 Å². The first-order chi connectivity index (χ1) is 13.1. The summed E-state index contributed by atoms with van der Waals surface area (Å²) in [7, 11) is 2.11. The summed E-state index contributed by atoms with van der Waals surface area (Å²) in [6, 6.07) is 3.69. The van der Waals surface area contributed by atoms with E-state index in [1.54, 1.807) is 19.2 Å². The Morgan fingerprint density at radius 3 is 2.39 bits per heavy atom. The summed E-state index contributed by atoms with van der Waals surface area (Å²) in [5.41, 5.74) is 7.97. The Morgan fingerprint density at radius 1 is 1.18 bits per heavy atom. The Balaban J connectivity index is 2.23. The number of piperazine rings is 1. The summed E-state index contributed by atoms with van der Waals surface area (Å²) in [6.45, 7) is 11.8. The van der Waals surface area contributed by atoms with Crippen LogP contribution in [-0.2, 0) is 10.3 Å². The van der Waals surface area contributed by atoms with E-state index in [2.05, 4.69) is 16.8 Å². The zero-order valence-corrected chi connectivity index (χ0v) is 17.4. The molecule has 7 nitrogen and oxygen atoms in total. The first-order valence-corrected chi connectivity index (χ1v) is 9.73. The Labute approximate surface area is 165 Å². The summed E-state index contributed by atoms with van der Waals surface area (Å²) >= 11 is 0. The highest BCUT2D eigenvalue weighted by atomic mass is 16.5. The molecule has 3 rings (SSSR count). The highest BCUT2D eigenvalue weighted by molar-refractivity contribution is 5.96. The number of carbonyl (C=O) groups is 1. The van der Waals surface area contributed by atoms with Crippen molar-refractivity contribution in [2.24, 2.45) is 0 Å². The number of benzene rings is 1. The molecular weight excluding hydrogens is 356 g/mol. The van der Waals surface area contributed by atoms with Gasteiger partial charge in [-0.2, -0.15) is 0 Å². The lowest BCUT2D eigenvalue weighted by Gasteiger charge is -2.35. The number of pyridine rings is 1. The number of esters is 1. The van der Waals surface area contributed by atoms with Crippen LogP contribution in [0.5, 0.6) is 0 Å². The van der Waals surface area contributed by atoms with Crippen LogP contribution in [0.15, 0.2) is 23.1 Å². The summed E-state index contributed by atoms with van der Waals surface area (Å²) in [5.74, 6) is -0.603. The van der Waals surface area contributed by atoms with Gasteiger partial charge in [0.1, 0.15) is 5.56 Å². The normalized spacial score (nSPS) is 15.8. The van der Waals surface area contributed by atoms with Gasteiger partial charge in [0, 0.05) is 43.3 Å². The quantitative estimate of drug-likeness (QED) is 0.644. The van der Waals surface area contributed by atoms with E-state index in [4.69, 9.17) is 10.5 Å². The van der Waals surface area contributed by atoms with Gasteiger partial charge in [-0.3, -0.25) is 4.79 Å². The van der Waals surface area contributed by atoms with E-state index in [0.717, 1.165) is 37.4 Å². The van der Waals surface area contributed by atoms with Crippen molar-refractivity contribution in [2.75, 3.05) is 50.5 Å². The van der Waals surface area contributed by atoms with Crippen molar-refractivity contribution in [3.05, 3.63) is 34.1 Å². The second-order valence-corrected chi connectivity index (χ2v) is 8.35. The van der Waals surface area contributed by atoms with E-state index in [9.17, 15) is 9.59 Å². The van der Waals surface area contributed by atoms with E-state index in [1.807, 2.05) is 31.4 Å². The number of fused-ring (bicyclic) bond motifs is 1. The Kier molecular flexibility index (Phi) is 5.39. The first-order valence-electron chi connectivity index (χ1n) is 9.73. The number of hydrogen-bond acceptors (Lipinski definition) is 6. The van der Waals surface area contributed by atoms with Gasteiger partial charge in [-0.1, -0.05) is 0 Å². The van der Waals surface area contributed by atoms with Crippen LogP contribution in [0.3, 0.4) is 0 Å². The molecule has 1 aromatic heterocycles. The second-order valence-electron chi connectivity index (χ2n) is 8.35. The average Bonchev–Trinajstić information content (AvgIpc) is 2.62. The molecule has 0 spiro atoms. The highest BCUT2D eigenvalue weighted by Gasteiger charge is 2.24. The fourth-order valence-electron chi connectivity index (χ4n) is 3.61. The van der Waals surface area contributed by atoms with Crippen LogP contribution in [0.1, 0.15) is 38.1 Å². The molecule has 0 unspecified atom stereocenters. The number of anilines is 2. The third-order valence-electron chi connectivity index (χ3n) is 5.21. The van der Waals surface area contributed by atoms with Gasteiger partial charge >= 0.3 is 5.97 Å². The number of rotatable bonds is 3. The van der Waals surface area contributed by atoms with Crippen LogP contribution in [0.25, 0.3) is 10.9 Å². The maximum absolute atomic E-state index is 13.0. The minimum atomic E-state index is -0.603. The lowest BCUT2D eigenvalue weighted by atomic mass is 10.0. The summed E-state index contributed by atoms with van der Waals surface area (Å²) < 4.78 is 7.06. The molecule has 0 amide bonds. The van der Waals surface area contributed by atoms with Crippen LogP contribution >= 0.6 is 0 Å². The molecule has 2 heterocycles. The Bertz CT molecular complexity index is 951. The molecule has 0 radical (unpaired) electrons. The zero-order chi connectivity index (χ0) is 20.6. The number of carbonyl (C=O) groups excluding carboxylic acids is 1. The lowest BCUT2D eigenvalue weighted by molar-refractivity contribution is 0.0524. The number of likely N-dealkylation sites (N-methyl/N-ethyl adjacent to an activating group) is 1. The van der Waals surface area contributed by atoms with E-state index < -0.39 is 5.97 Å². The predicted octanol–water partition coefficient (Wildman–Crippen LogP) is 2.27. The number of nitrogens with two attached hydrogens (primary N) is 1. The van der Waals surface area contributed by atoms with Crippen molar-refractivity contribution in [3.63, 3.8) is 0 Å². The average molecular weight is 386 g/mol. The largest absolute Gasteiger partial charge is 0.462 e. The van der Waals surface area contributed by atoms with Gasteiger partial charge < -0.3 is 24.8 Å². The second kappa shape index (κ2) is 7.47. The fraction of sp³-hybridized carbons (Fsp3) is 0.524. The number of nitrogen functional groups attached to an aromatic ring is 1. The fourth-order valence-corrected chi connectivity index (χ4v) is 3.61. The van der Waals surface area contributed by atoms with Crippen LogP contribution < -0.4 is 16.1 Å². The third kappa shape index (κ3) is 3.71. The maximum atomic E-state index is 13.0. The summed E-state index contributed by atoms with van der Waals surface area (Å²) in [4.78, 5) is 29.9. The molecule has 2 N–H and O–H groups in total. The molecule has 0 bridgehead atoms. The monoisotopic (exact) mass is 386 g/mol. The molecule has 0 aliphatic carbocycles. The van der Waals surface area contributed by atoms with E-state index >= 15 is 0 Å². The van der Waals surface area contributed by atoms with Crippen molar-refractivity contribution in [2.45, 2.75) is 33.2 Å². The number of nitrogens with zero attached hydrogens (tertiary/aromatic N) is 3. The Morgan fingerprint density at radius 2 is 1.82 bits per heavy atom. The molecule has 0 atom stereocenters. The standard InChI is InChI=1S/C21H30N4O3/c1-6-28-20(27)15-13-25(21(2,3)4)17-12-18(16(22)11-14(17)19(15)26)24-9-7-23(5)8-10-24/h11-13H,6-10,22H2,1-5H3. The third-order valence-corrected chi connectivity index (χ3v) is 5.21. The lowest BCUT2D eigenvalue weighted by Crippen LogP contribution is -2.44. The van der Waals surface area contributed by atoms with Crippen molar-refractivity contribution in [1.29, 1.82) is 0 Å². The number of aromatic nitrogens is 1. The van der Waals surface area contributed by atoms with E-state index in [0.29, 0.717) is 11.1 Å². The molecule has 1 saturated heterocycles. The smallest absolute Gasteiger partial charge is 0.343 e. The molecule has 1 aliphatic heterocycles. The minimum Gasteiger partial charge on any atom is -0.462 e. The van der Waals surface area contributed by atoms with Crippen LogP contribution in [0, 0.1) is 0 Å². The van der Waals surface area contributed by atoms with Gasteiger partial charge in [0.2, 0.25) is 5.43 Å². The van der Waals surface area contributed by atoms with Crippen molar-refractivity contribution >= 4 is 28.2 Å². The van der Waals surface area contributed by atoms with Crippen LogP contribution in [0.2, 0.25) is 0 Å². The Hall–Kier alpha value is -2.54. The van der Waals surface area contributed by atoms with Crippen LogP contribution in [0.4, 0.5) is 11.4 Å². The van der Waals surface area contributed by atoms with Crippen LogP contribution in [-0.4, -0.2) is 55.3 Å². The predicted molar refractivity (Wildman–Crippen MR) is 113 cm³/mol. The SMILES string of the molecule is CCOC(=O)c1cn(C(C)(C)C)c2cc(N3CCN(C)CC3)c(N)cc2c1=O. The molecule has 1 aromatic carbocycles. The molecule has 7 heteroatoms. The van der Waals surface area contributed by atoms with E-state index in [-0.39, 0.29) is 23.1 Å². The minimum absolute atomic E-state index is 0.0380. The maximum Gasteiger partial charge on any atom is 0.343 e. The van der Waals surface area contributed by atoms with Gasteiger partial charge in [0.25, 0.3) is 0 Å². The topological polar surface area (TPSA) is 80.8 Å². The van der Waals surface area contributed by atoms with Crippen molar-refractivity contribution < 1.29 is 9.53 Å². The first kappa shape index (κ1) is 20.2. The van der Waals surface area contributed by atoms with Gasteiger partial charge in [-0.15, -0.1) is 0 Å². The summed E-state index contributed by atoms with van der Waals surface area (Å²) in [5, 5.41) is 0.441. The molecule has 1 aliphatic rings. The van der Waals surface area contributed by atoms with Gasteiger partial charge in [-0.05, 0) is 46.9 Å². The molecular formula is C21H30N4O3. The van der Waals surface area contributed by atoms with Gasteiger partial charge in [0.05, 0.1) is 23.5 Å². The van der Waals surface area contributed by atoms with Crippen molar-refractivity contribution in [3.8, 4) is 0 Å². The zero-order valence-electron chi connectivity index (χ0n) is 17.4. The summed E-state index contributed by atoms with van der Waals surface area (Å²) in [6.07, 6.45) is 1.62. The molecule has 2 aromatic rings. The number of hydrogen-bond donors (Lipinski definition) is 1. The highest BCUT2D eigenvalue weighted by Crippen LogP contribution is 2.31. The van der Waals surface area contributed by atoms with Gasteiger partial charge in [-0.25, -0.2) is 4.79 Å². The van der Waals surface area contributed by atoms with Gasteiger partial charge in [0.15, 0.2) is 0 Å². The molecule has 0 saturated carbocycles. The molecule has 1 fully saturated rings.